The van der Waals surface area contributed by atoms with Gasteiger partial charge < -0.3 is 9.57 Å². The number of oxime groups is 1. The molecule has 1 aromatic carbocycles. The number of fused-ring (bicyclic) bond motifs is 5. The van der Waals surface area contributed by atoms with Gasteiger partial charge in [0.15, 0.2) is 0 Å². The fraction of sp³-hybridized carbons (Fsp3) is 0.643. The molecule has 6 atom stereocenters. The van der Waals surface area contributed by atoms with E-state index in [4.69, 9.17) is 9.57 Å². The highest BCUT2D eigenvalue weighted by molar-refractivity contribution is 5.96. The number of allylic oxidation sites excluding steroid dienone is 2. The molecule has 3 fully saturated rings. The minimum absolute atomic E-state index is 0.0195. The third-order valence-corrected chi connectivity index (χ3v) is 9.17. The van der Waals surface area contributed by atoms with Gasteiger partial charge >= 0.3 is 5.97 Å². The number of hydrogen-bond acceptors (Lipinski definition) is 4. The van der Waals surface area contributed by atoms with Gasteiger partial charge in [-0.3, -0.25) is 4.79 Å². The minimum atomic E-state index is -0.0195. The summed E-state index contributed by atoms with van der Waals surface area (Å²) >= 11 is 0. The third kappa shape index (κ3) is 4.02. The summed E-state index contributed by atoms with van der Waals surface area (Å²) in [6.07, 6.45) is 13.1. The molecule has 1 aromatic rings. The number of aryl methyl sites for hydroxylation is 1. The molecular weight excluding hydrogens is 398 g/mol. The van der Waals surface area contributed by atoms with Crippen LogP contribution >= 0.6 is 0 Å². The Morgan fingerprint density at radius 2 is 1.91 bits per heavy atom. The molecule has 0 bridgehead atoms. The van der Waals surface area contributed by atoms with Crippen LogP contribution < -0.4 is 0 Å². The van der Waals surface area contributed by atoms with Gasteiger partial charge in [0.1, 0.15) is 13.2 Å². The second-order valence-electron chi connectivity index (χ2n) is 10.7. The van der Waals surface area contributed by atoms with E-state index in [1.54, 1.807) is 12.7 Å². The second kappa shape index (κ2) is 9.03. The standard InChI is InChI=1S/C28H37NO3/c1-28-17-16-23-22-12-10-21(29-31-2)18-20(22)9-11-24(23)25(28)13-14-26(28)32-27(30)15-8-19-6-4-3-5-7-19/h3-7,18,22-26H,8-17H2,1-2H3/b29-21+. The molecule has 0 radical (unpaired) electrons. The van der Waals surface area contributed by atoms with Crippen molar-refractivity contribution in [2.75, 3.05) is 7.11 Å². The Kier molecular flexibility index (Phi) is 6.14. The van der Waals surface area contributed by atoms with Crippen molar-refractivity contribution in [2.45, 2.75) is 77.2 Å². The summed E-state index contributed by atoms with van der Waals surface area (Å²) in [5, 5.41) is 4.21. The summed E-state index contributed by atoms with van der Waals surface area (Å²) in [4.78, 5) is 17.7. The van der Waals surface area contributed by atoms with Crippen LogP contribution in [0.2, 0.25) is 0 Å². The van der Waals surface area contributed by atoms with Gasteiger partial charge in [-0.15, -0.1) is 0 Å². The topological polar surface area (TPSA) is 47.9 Å². The van der Waals surface area contributed by atoms with Crippen molar-refractivity contribution in [3.8, 4) is 0 Å². The number of hydrogen-bond donors (Lipinski definition) is 0. The molecule has 172 valence electrons. The zero-order chi connectivity index (χ0) is 22.1. The SMILES string of the molecule is CO/N=C1/C=C2CCC3C(CCC4(C)C(OC(=O)CCc5ccccc5)CCC34)C2CC1. The van der Waals surface area contributed by atoms with Crippen LogP contribution in [0.5, 0.6) is 0 Å². The van der Waals surface area contributed by atoms with E-state index >= 15 is 0 Å². The molecule has 4 aliphatic rings. The summed E-state index contributed by atoms with van der Waals surface area (Å²) in [5.74, 6) is 2.98. The van der Waals surface area contributed by atoms with Gasteiger partial charge in [0, 0.05) is 11.8 Å². The van der Waals surface area contributed by atoms with Gasteiger partial charge in [-0.2, -0.15) is 0 Å². The van der Waals surface area contributed by atoms with Crippen LogP contribution in [0.4, 0.5) is 0 Å². The molecule has 0 aromatic heterocycles. The van der Waals surface area contributed by atoms with Gasteiger partial charge in [0.25, 0.3) is 0 Å². The van der Waals surface area contributed by atoms with Crippen LogP contribution in [0.1, 0.15) is 70.3 Å². The first-order valence-electron chi connectivity index (χ1n) is 12.6. The molecular formula is C28H37NO3. The maximum atomic E-state index is 12.7. The molecule has 3 saturated carbocycles. The average Bonchev–Trinajstić information content (AvgIpc) is 3.14. The fourth-order valence-corrected chi connectivity index (χ4v) is 7.64. The van der Waals surface area contributed by atoms with Crippen molar-refractivity contribution in [1.29, 1.82) is 0 Å². The van der Waals surface area contributed by atoms with Gasteiger partial charge in [-0.05, 0) is 93.1 Å². The Balaban J connectivity index is 1.23. The average molecular weight is 436 g/mol. The maximum Gasteiger partial charge on any atom is 0.306 e. The summed E-state index contributed by atoms with van der Waals surface area (Å²) in [6, 6.07) is 10.3. The van der Waals surface area contributed by atoms with E-state index in [-0.39, 0.29) is 17.5 Å². The molecule has 32 heavy (non-hydrogen) atoms. The Labute approximate surface area is 192 Å². The van der Waals surface area contributed by atoms with E-state index in [9.17, 15) is 4.79 Å². The number of esters is 1. The molecule has 0 aliphatic heterocycles. The first-order chi connectivity index (χ1) is 15.6. The van der Waals surface area contributed by atoms with Crippen molar-refractivity contribution in [3.63, 3.8) is 0 Å². The highest BCUT2D eigenvalue weighted by Gasteiger charge is 2.57. The third-order valence-electron chi connectivity index (χ3n) is 9.17. The summed E-state index contributed by atoms with van der Waals surface area (Å²) in [7, 11) is 1.64. The van der Waals surface area contributed by atoms with Gasteiger partial charge in [0.2, 0.25) is 0 Å². The Bertz CT molecular complexity index is 891. The summed E-state index contributed by atoms with van der Waals surface area (Å²) in [5.41, 5.74) is 4.08. The van der Waals surface area contributed by atoms with Gasteiger partial charge in [0.05, 0.1) is 5.71 Å². The van der Waals surface area contributed by atoms with E-state index in [2.05, 4.69) is 30.3 Å². The summed E-state index contributed by atoms with van der Waals surface area (Å²) < 4.78 is 6.15. The van der Waals surface area contributed by atoms with Crippen LogP contribution in [0, 0.1) is 29.1 Å². The smallest absolute Gasteiger partial charge is 0.306 e. The lowest BCUT2D eigenvalue weighted by Gasteiger charge is -2.53. The first-order valence-corrected chi connectivity index (χ1v) is 12.6. The normalized spacial score (nSPS) is 37.1. The molecule has 4 aliphatic carbocycles. The molecule has 0 spiro atoms. The molecule has 0 amide bonds. The largest absolute Gasteiger partial charge is 0.462 e. The van der Waals surface area contributed by atoms with Crippen LogP contribution in [0.3, 0.4) is 0 Å². The van der Waals surface area contributed by atoms with Crippen molar-refractivity contribution < 1.29 is 14.4 Å². The summed E-state index contributed by atoms with van der Waals surface area (Å²) in [6.45, 7) is 2.42. The number of rotatable bonds is 5. The van der Waals surface area contributed by atoms with E-state index in [0.29, 0.717) is 12.3 Å². The zero-order valence-electron chi connectivity index (χ0n) is 19.6. The van der Waals surface area contributed by atoms with Gasteiger partial charge in [-0.1, -0.05) is 48.0 Å². The van der Waals surface area contributed by atoms with E-state index in [0.717, 1.165) is 42.7 Å². The Hall–Kier alpha value is -2.10. The van der Waals surface area contributed by atoms with Crippen LogP contribution in [0.15, 0.2) is 47.1 Å². The predicted octanol–water partition coefficient (Wildman–Crippen LogP) is 6.11. The monoisotopic (exact) mass is 435 g/mol. The molecule has 5 rings (SSSR count). The molecule has 4 heteroatoms. The van der Waals surface area contributed by atoms with E-state index < -0.39 is 0 Å². The number of ether oxygens (including phenoxy) is 1. The van der Waals surface area contributed by atoms with Crippen molar-refractivity contribution in [1.82, 2.24) is 0 Å². The lowest BCUT2D eigenvalue weighted by atomic mass is 9.52. The molecule has 0 heterocycles. The fourth-order valence-electron chi connectivity index (χ4n) is 7.64. The first kappa shape index (κ1) is 21.7. The lowest BCUT2D eigenvalue weighted by Crippen LogP contribution is -2.48. The highest BCUT2D eigenvalue weighted by Crippen LogP contribution is 2.62. The number of carbonyl (C=O) groups is 1. The second-order valence-corrected chi connectivity index (χ2v) is 10.7. The minimum Gasteiger partial charge on any atom is -0.462 e. The maximum absolute atomic E-state index is 12.7. The predicted molar refractivity (Wildman–Crippen MR) is 126 cm³/mol. The molecule has 6 unspecified atom stereocenters. The van der Waals surface area contributed by atoms with E-state index in [1.165, 1.54) is 44.1 Å². The molecule has 0 saturated heterocycles. The number of carbonyl (C=O) groups excluding carboxylic acids is 1. The van der Waals surface area contributed by atoms with Crippen LogP contribution in [-0.2, 0) is 20.8 Å². The van der Waals surface area contributed by atoms with Crippen molar-refractivity contribution in [3.05, 3.63) is 47.5 Å². The van der Waals surface area contributed by atoms with E-state index in [1.807, 2.05) is 18.2 Å². The van der Waals surface area contributed by atoms with Crippen LogP contribution in [0.25, 0.3) is 0 Å². The number of nitrogens with zero attached hydrogens (tertiary/aromatic N) is 1. The zero-order valence-corrected chi connectivity index (χ0v) is 19.6. The van der Waals surface area contributed by atoms with Gasteiger partial charge in [-0.25, -0.2) is 0 Å². The Morgan fingerprint density at radius 1 is 1.06 bits per heavy atom. The Morgan fingerprint density at radius 3 is 2.72 bits per heavy atom. The molecule has 4 nitrogen and oxygen atoms in total. The van der Waals surface area contributed by atoms with Crippen LogP contribution in [-0.4, -0.2) is 24.9 Å². The lowest BCUT2D eigenvalue weighted by molar-refractivity contribution is -0.158. The quantitative estimate of drug-likeness (QED) is 0.414. The van der Waals surface area contributed by atoms with Crippen molar-refractivity contribution >= 4 is 11.7 Å². The number of benzene rings is 1. The highest BCUT2D eigenvalue weighted by atomic mass is 16.6. The molecule has 0 N–H and O–H groups in total. The van der Waals surface area contributed by atoms with Crippen molar-refractivity contribution in [2.24, 2.45) is 34.2 Å².